The Bertz CT molecular complexity index is 594. The van der Waals surface area contributed by atoms with Crippen LogP contribution in [0.3, 0.4) is 0 Å². The van der Waals surface area contributed by atoms with E-state index in [0.29, 0.717) is 23.6 Å². The topological polar surface area (TPSA) is 67.4 Å². The molecule has 1 aromatic carbocycles. The molecule has 0 aromatic heterocycles. The Balaban J connectivity index is 1.76. The normalized spacial score (nSPS) is 20.4. The van der Waals surface area contributed by atoms with Crippen LogP contribution in [0.25, 0.3) is 0 Å². The van der Waals surface area contributed by atoms with Gasteiger partial charge < -0.3 is 15.4 Å². The molecule has 0 bridgehead atoms. The van der Waals surface area contributed by atoms with Gasteiger partial charge in [0.05, 0.1) is 22.7 Å². The number of cyclic esters (lactones) is 1. The van der Waals surface area contributed by atoms with Gasteiger partial charge in [0.15, 0.2) is 5.11 Å². The van der Waals surface area contributed by atoms with E-state index >= 15 is 0 Å². The van der Waals surface area contributed by atoms with Crippen molar-refractivity contribution in [1.29, 1.82) is 0 Å². The van der Waals surface area contributed by atoms with Crippen molar-refractivity contribution in [3.05, 3.63) is 29.3 Å². The molecule has 2 N–H and O–H groups in total. The number of hydrogen-bond donors (Lipinski definition) is 2. The molecule has 0 unspecified atom stereocenters. The molecule has 1 amide bonds. The van der Waals surface area contributed by atoms with Gasteiger partial charge in [-0.25, -0.2) is 0 Å². The summed E-state index contributed by atoms with van der Waals surface area (Å²) in [6.07, 6.45) is 1.28. The third-order valence-electron chi connectivity index (χ3n) is 3.36. The lowest BCUT2D eigenvalue weighted by molar-refractivity contribution is -0.143. The van der Waals surface area contributed by atoms with Gasteiger partial charge in [-0.2, -0.15) is 0 Å². The van der Waals surface area contributed by atoms with Gasteiger partial charge in [-0.1, -0.05) is 23.7 Å². The van der Waals surface area contributed by atoms with Crippen LogP contribution in [0.2, 0.25) is 5.02 Å². The van der Waals surface area contributed by atoms with Crippen LogP contribution >= 0.6 is 23.8 Å². The standard InChI is InChI=1S/C15H17ClN2O3S/c1-9-8-10(14(20)21-9)6-7-13(19)18-15(22)17-12-5-3-2-4-11(12)16/h2-5,9-10H,6-8H2,1H3,(H2,17,18,19,22)/t9-,10+/m1/s1. The lowest BCUT2D eigenvalue weighted by atomic mass is 9.99. The maximum atomic E-state index is 11.8. The summed E-state index contributed by atoms with van der Waals surface area (Å²) in [5.74, 6) is -0.667. The van der Waals surface area contributed by atoms with Crippen LogP contribution in [0.4, 0.5) is 5.69 Å². The van der Waals surface area contributed by atoms with Gasteiger partial charge in [0.25, 0.3) is 0 Å². The number of carbonyl (C=O) groups excluding carboxylic acids is 2. The summed E-state index contributed by atoms with van der Waals surface area (Å²) in [5.41, 5.74) is 0.627. The molecule has 1 heterocycles. The number of rotatable bonds is 4. The molecule has 22 heavy (non-hydrogen) atoms. The fraction of sp³-hybridized carbons (Fsp3) is 0.400. The monoisotopic (exact) mass is 340 g/mol. The summed E-state index contributed by atoms with van der Waals surface area (Å²) in [5, 5.41) is 6.13. The molecule has 1 aliphatic rings. The van der Waals surface area contributed by atoms with Crippen LogP contribution < -0.4 is 10.6 Å². The van der Waals surface area contributed by atoms with E-state index in [1.807, 2.05) is 13.0 Å². The summed E-state index contributed by atoms with van der Waals surface area (Å²) in [4.78, 5) is 23.3. The van der Waals surface area contributed by atoms with Crippen LogP contribution in [-0.4, -0.2) is 23.1 Å². The summed E-state index contributed by atoms with van der Waals surface area (Å²) in [6, 6.07) is 7.10. The first-order valence-electron chi connectivity index (χ1n) is 7.01. The van der Waals surface area contributed by atoms with Gasteiger partial charge in [0.1, 0.15) is 0 Å². The van der Waals surface area contributed by atoms with Crippen LogP contribution in [0.1, 0.15) is 26.2 Å². The van der Waals surface area contributed by atoms with E-state index in [0.717, 1.165) is 0 Å². The summed E-state index contributed by atoms with van der Waals surface area (Å²) in [7, 11) is 0. The highest BCUT2D eigenvalue weighted by Gasteiger charge is 2.31. The van der Waals surface area contributed by atoms with Crippen molar-refractivity contribution >= 4 is 46.5 Å². The predicted molar refractivity (Wildman–Crippen MR) is 88.7 cm³/mol. The second-order valence-electron chi connectivity index (χ2n) is 5.20. The number of ether oxygens (including phenoxy) is 1. The Hall–Kier alpha value is -1.66. The van der Waals surface area contributed by atoms with Crippen LogP contribution in [0.15, 0.2) is 24.3 Å². The average molecular weight is 341 g/mol. The number of halogens is 1. The molecular formula is C15H17ClN2O3S. The SMILES string of the molecule is C[C@@H]1C[C@H](CCC(=O)NC(=S)Nc2ccccc2Cl)C(=O)O1. The Labute approximate surface area is 139 Å². The zero-order chi connectivity index (χ0) is 16.1. The third-order valence-corrected chi connectivity index (χ3v) is 3.90. The number of amides is 1. The second kappa shape index (κ2) is 7.56. The van der Waals surface area contributed by atoms with Gasteiger partial charge in [-0.15, -0.1) is 0 Å². The molecule has 0 radical (unpaired) electrons. The van der Waals surface area contributed by atoms with Crippen molar-refractivity contribution in [3.63, 3.8) is 0 Å². The Morgan fingerprint density at radius 2 is 2.18 bits per heavy atom. The number of anilines is 1. The third kappa shape index (κ3) is 4.68. The zero-order valence-electron chi connectivity index (χ0n) is 12.1. The average Bonchev–Trinajstić information content (AvgIpc) is 2.77. The van der Waals surface area contributed by atoms with E-state index < -0.39 is 0 Å². The number of hydrogen-bond acceptors (Lipinski definition) is 4. The van der Waals surface area contributed by atoms with Crippen molar-refractivity contribution < 1.29 is 14.3 Å². The number of nitrogens with one attached hydrogen (secondary N) is 2. The number of benzene rings is 1. The molecule has 1 aliphatic heterocycles. The summed E-state index contributed by atoms with van der Waals surface area (Å²) >= 11 is 11.1. The Kier molecular flexibility index (Phi) is 5.74. The molecule has 7 heteroatoms. The van der Waals surface area contributed by atoms with E-state index in [9.17, 15) is 9.59 Å². The molecule has 118 valence electrons. The van der Waals surface area contributed by atoms with Crippen molar-refractivity contribution in [3.8, 4) is 0 Å². The minimum absolute atomic E-state index is 0.0662. The van der Waals surface area contributed by atoms with Crippen molar-refractivity contribution in [2.24, 2.45) is 5.92 Å². The molecule has 1 fully saturated rings. The maximum Gasteiger partial charge on any atom is 0.309 e. The number of para-hydroxylation sites is 1. The maximum absolute atomic E-state index is 11.8. The van der Waals surface area contributed by atoms with Crippen LogP contribution in [-0.2, 0) is 14.3 Å². The molecule has 0 aliphatic carbocycles. The minimum Gasteiger partial charge on any atom is -0.462 e. The first-order chi connectivity index (χ1) is 10.5. The molecular weight excluding hydrogens is 324 g/mol. The molecule has 0 spiro atoms. The highest BCUT2D eigenvalue weighted by Crippen LogP contribution is 2.24. The molecule has 1 saturated heterocycles. The van der Waals surface area contributed by atoms with E-state index in [-0.39, 0.29) is 35.4 Å². The predicted octanol–water partition coefficient (Wildman–Crippen LogP) is 2.88. The van der Waals surface area contributed by atoms with Crippen LogP contribution in [0, 0.1) is 5.92 Å². The molecule has 1 aromatic rings. The van der Waals surface area contributed by atoms with E-state index in [1.165, 1.54) is 0 Å². The summed E-state index contributed by atoms with van der Waals surface area (Å²) in [6.45, 7) is 1.85. The van der Waals surface area contributed by atoms with E-state index in [2.05, 4.69) is 10.6 Å². The van der Waals surface area contributed by atoms with E-state index in [4.69, 9.17) is 28.6 Å². The molecule has 2 atom stereocenters. The van der Waals surface area contributed by atoms with Crippen molar-refractivity contribution in [2.45, 2.75) is 32.3 Å². The second-order valence-corrected chi connectivity index (χ2v) is 6.02. The fourth-order valence-corrected chi connectivity index (χ4v) is 2.69. The van der Waals surface area contributed by atoms with Gasteiger partial charge >= 0.3 is 5.97 Å². The first kappa shape index (κ1) is 16.7. The smallest absolute Gasteiger partial charge is 0.309 e. The number of thiocarbonyl (C=S) groups is 1. The highest BCUT2D eigenvalue weighted by molar-refractivity contribution is 7.80. The first-order valence-corrected chi connectivity index (χ1v) is 7.80. The van der Waals surface area contributed by atoms with Gasteiger partial charge in [0.2, 0.25) is 5.91 Å². The number of carbonyl (C=O) groups is 2. The lowest BCUT2D eigenvalue weighted by Gasteiger charge is -2.11. The largest absolute Gasteiger partial charge is 0.462 e. The zero-order valence-corrected chi connectivity index (χ0v) is 13.7. The Morgan fingerprint density at radius 1 is 1.45 bits per heavy atom. The Morgan fingerprint density at radius 3 is 2.82 bits per heavy atom. The molecule has 2 rings (SSSR count). The highest BCUT2D eigenvalue weighted by atomic mass is 35.5. The van der Waals surface area contributed by atoms with E-state index in [1.54, 1.807) is 18.2 Å². The van der Waals surface area contributed by atoms with Crippen molar-refractivity contribution in [2.75, 3.05) is 5.32 Å². The molecule has 5 nitrogen and oxygen atoms in total. The fourth-order valence-electron chi connectivity index (χ4n) is 2.29. The lowest BCUT2D eigenvalue weighted by Crippen LogP contribution is -2.34. The van der Waals surface area contributed by atoms with Crippen LogP contribution in [0.5, 0.6) is 0 Å². The minimum atomic E-state index is -0.239. The van der Waals surface area contributed by atoms with Crippen molar-refractivity contribution in [1.82, 2.24) is 5.32 Å². The van der Waals surface area contributed by atoms with Gasteiger partial charge in [-0.05, 0) is 44.1 Å². The quantitative estimate of drug-likeness (QED) is 0.651. The summed E-state index contributed by atoms with van der Waals surface area (Å²) < 4.78 is 5.06. The van der Waals surface area contributed by atoms with Gasteiger partial charge in [-0.3, -0.25) is 9.59 Å². The van der Waals surface area contributed by atoms with Gasteiger partial charge in [0, 0.05) is 6.42 Å². The molecule has 0 saturated carbocycles. The number of esters is 1.